The van der Waals surface area contributed by atoms with E-state index in [1.807, 2.05) is 19.4 Å². The summed E-state index contributed by atoms with van der Waals surface area (Å²) < 4.78 is 3.93. The van der Waals surface area contributed by atoms with Crippen LogP contribution < -0.4 is 5.73 Å². The van der Waals surface area contributed by atoms with Gasteiger partial charge in [-0.3, -0.25) is 9.36 Å². The van der Waals surface area contributed by atoms with Crippen LogP contribution in [0.15, 0.2) is 24.7 Å². The summed E-state index contributed by atoms with van der Waals surface area (Å²) >= 11 is 0. The lowest BCUT2D eigenvalue weighted by Gasteiger charge is -2.21. The zero-order chi connectivity index (χ0) is 13.9. The molecular formula is C15H23N5. The first-order valence-corrected chi connectivity index (χ1v) is 7.50. The Kier molecular flexibility index (Phi) is 3.87. The molecule has 2 aromatic heterocycles. The van der Waals surface area contributed by atoms with Crippen LogP contribution in [-0.2, 0) is 13.5 Å². The maximum Gasteiger partial charge on any atom is 0.0643 e. The molecule has 5 nitrogen and oxygen atoms in total. The number of aromatic nitrogens is 4. The van der Waals surface area contributed by atoms with Crippen LogP contribution in [0.1, 0.15) is 55.4 Å². The van der Waals surface area contributed by atoms with Crippen molar-refractivity contribution in [1.82, 2.24) is 19.6 Å². The SMILES string of the molecule is Cn1cc(C(N)Cc2ccn(C3CCCCC3)n2)cn1. The average Bonchev–Trinajstić information content (AvgIpc) is 3.09. The molecule has 20 heavy (non-hydrogen) atoms. The van der Waals surface area contributed by atoms with Crippen molar-refractivity contribution in [3.8, 4) is 0 Å². The van der Waals surface area contributed by atoms with Crippen LogP contribution >= 0.6 is 0 Å². The van der Waals surface area contributed by atoms with E-state index in [4.69, 9.17) is 10.8 Å². The van der Waals surface area contributed by atoms with Crippen LogP contribution in [0.3, 0.4) is 0 Å². The lowest BCUT2D eigenvalue weighted by atomic mass is 9.96. The minimum atomic E-state index is -0.0293. The predicted octanol–water partition coefficient (Wildman–Crippen LogP) is 2.36. The van der Waals surface area contributed by atoms with Gasteiger partial charge in [0.05, 0.1) is 17.9 Å². The number of nitrogens with zero attached hydrogens (tertiary/aromatic N) is 4. The Morgan fingerprint density at radius 3 is 2.85 bits per heavy atom. The molecule has 3 rings (SSSR count). The van der Waals surface area contributed by atoms with E-state index in [1.165, 1.54) is 32.1 Å². The molecule has 1 fully saturated rings. The smallest absolute Gasteiger partial charge is 0.0643 e. The second-order valence-electron chi connectivity index (χ2n) is 5.84. The highest BCUT2D eigenvalue weighted by atomic mass is 15.3. The Labute approximate surface area is 119 Å². The molecule has 1 aliphatic carbocycles. The average molecular weight is 273 g/mol. The fourth-order valence-electron chi connectivity index (χ4n) is 3.01. The van der Waals surface area contributed by atoms with Crippen molar-refractivity contribution in [2.45, 2.75) is 50.6 Å². The van der Waals surface area contributed by atoms with E-state index in [0.717, 1.165) is 17.7 Å². The van der Waals surface area contributed by atoms with Crippen molar-refractivity contribution in [3.63, 3.8) is 0 Å². The molecule has 1 aliphatic rings. The monoisotopic (exact) mass is 273 g/mol. The van der Waals surface area contributed by atoms with E-state index < -0.39 is 0 Å². The first kappa shape index (κ1) is 13.4. The summed E-state index contributed by atoms with van der Waals surface area (Å²) in [7, 11) is 1.91. The van der Waals surface area contributed by atoms with Gasteiger partial charge in [0.25, 0.3) is 0 Å². The molecule has 5 heteroatoms. The summed E-state index contributed by atoms with van der Waals surface area (Å²) in [5, 5.41) is 8.88. The van der Waals surface area contributed by atoms with Gasteiger partial charge < -0.3 is 5.73 Å². The van der Waals surface area contributed by atoms with E-state index in [-0.39, 0.29) is 6.04 Å². The predicted molar refractivity (Wildman–Crippen MR) is 78.2 cm³/mol. The molecule has 0 amide bonds. The van der Waals surface area contributed by atoms with Crippen molar-refractivity contribution in [2.24, 2.45) is 12.8 Å². The standard InChI is InChI=1S/C15H23N5/c1-19-11-12(10-17-19)15(16)9-13-7-8-20(18-13)14-5-3-2-4-6-14/h7-8,10-11,14-15H,2-6,9,16H2,1H3. The van der Waals surface area contributed by atoms with Crippen molar-refractivity contribution in [1.29, 1.82) is 0 Å². The van der Waals surface area contributed by atoms with Gasteiger partial charge in [0.15, 0.2) is 0 Å². The third-order valence-electron chi connectivity index (χ3n) is 4.19. The van der Waals surface area contributed by atoms with Crippen LogP contribution in [0, 0.1) is 0 Å². The third-order valence-corrected chi connectivity index (χ3v) is 4.19. The largest absolute Gasteiger partial charge is 0.324 e. The Balaban J connectivity index is 1.64. The van der Waals surface area contributed by atoms with Gasteiger partial charge in [-0.1, -0.05) is 19.3 Å². The van der Waals surface area contributed by atoms with Crippen molar-refractivity contribution in [3.05, 3.63) is 35.9 Å². The van der Waals surface area contributed by atoms with E-state index in [2.05, 4.69) is 22.0 Å². The highest BCUT2D eigenvalue weighted by molar-refractivity contribution is 5.13. The number of hydrogen-bond acceptors (Lipinski definition) is 3. The van der Waals surface area contributed by atoms with Gasteiger partial charge in [-0.25, -0.2) is 0 Å². The molecule has 2 heterocycles. The molecule has 1 saturated carbocycles. The first-order valence-electron chi connectivity index (χ1n) is 7.50. The summed E-state index contributed by atoms with van der Waals surface area (Å²) in [6, 6.07) is 2.66. The second-order valence-corrected chi connectivity index (χ2v) is 5.84. The Hall–Kier alpha value is -1.62. The Morgan fingerprint density at radius 1 is 1.35 bits per heavy atom. The molecule has 0 saturated heterocycles. The van der Waals surface area contributed by atoms with Crippen molar-refractivity contribution < 1.29 is 0 Å². The van der Waals surface area contributed by atoms with Crippen LogP contribution in [0.5, 0.6) is 0 Å². The number of hydrogen-bond donors (Lipinski definition) is 1. The number of nitrogens with two attached hydrogens (primary N) is 1. The zero-order valence-electron chi connectivity index (χ0n) is 12.1. The van der Waals surface area contributed by atoms with Crippen LogP contribution in [-0.4, -0.2) is 19.6 Å². The van der Waals surface area contributed by atoms with E-state index in [1.54, 1.807) is 4.68 Å². The highest BCUT2D eigenvalue weighted by Crippen LogP contribution is 2.27. The third kappa shape index (κ3) is 2.93. The van der Waals surface area contributed by atoms with E-state index in [0.29, 0.717) is 6.04 Å². The lowest BCUT2D eigenvalue weighted by molar-refractivity contribution is 0.328. The van der Waals surface area contributed by atoms with Gasteiger partial charge in [-0.05, 0) is 18.9 Å². The second kappa shape index (κ2) is 5.79. The summed E-state index contributed by atoms with van der Waals surface area (Å²) in [5.74, 6) is 0. The Morgan fingerprint density at radius 2 is 2.15 bits per heavy atom. The fourth-order valence-corrected chi connectivity index (χ4v) is 3.01. The quantitative estimate of drug-likeness (QED) is 0.930. The highest BCUT2D eigenvalue weighted by Gasteiger charge is 2.17. The summed E-state index contributed by atoms with van der Waals surface area (Å²) in [6.07, 6.45) is 13.2. The van der Waals surface area contributed by atoms with Gasteiger partial charge in [-0.2, -0.15) is 10.2 Å². The molecule has 1 atom stereocenters. The lowest BCUT2D eigenvalue weighted by Crippen LogP contribution is -2.15. The number of rotatable bonds is 4. The van der Waals surface area contributed by atoms with Gasteiger partial charge >= 0.3 is 0 Å². The summed E-state index contributed by atoms with van der Waals surface area (Å²) in [4.78, 5) is 0. The molecule has 0 bridgehead atoms. The summed E-state index contributed by atoms with van der Waals surface area (Å²) in [6.45, 7) is 0. The zero-order valence-corrected chi connectivity index (χ0v) is 12.1. The van der Waals surface area contributed by atoms with E-state index in [9.17, 15) is 0 Å². The normalized spacial score (nSPS) is 18.3. The maximum absolute atomic E-state index is 6.23. The molecular weight excluding hydrogens is 250 g/mol. The number of aryl methyl sites for hydroxylation is 1. The fraction of sp³-hybridized carbons (Fsp3) is 0.600. The topological polar surface area (TPSA) is 61.7 Å². The minimum Gasteiger partial charge on any atom is -0.324 e. The molecule has 0 aromatic carbocycles. The van der Waals surface area contributed by atoms with Gasteiger partial charge in [0.2, 0.25) is 0 Å². The van der Waals surface area contributed by atoms with E-state index >= 15 is 0 Å². The molecule has 0 spiro atoms. The first-order chi connectivity index (χ1) is 9.72. The van der Waals surface area contributed by atoms with Crippen LogP contribution in [0.2, 0.25) is 0 Å². The molecule has 2 aromatic rings. The summed E-state index contributed by atoms with van der Waals surface area (Å²) in [5.41, 5.74) is 8.37. The molecule has 108 valence electrons. The molecule has 0 radical (unpaired) electrons. The van der Waals surface area contributed by atoms with Crippen molar-refractivity contribution >= 4 is 0 Å². The Bertz CT molecular complexity index is 550. The van der Waals surface area contributed by atoms with Crippen molar-refractivity contribution in [2.75, 3.05) is 0 Å². The molecule has 1 unspecified atom stereocenters. The van der Waals surface area contributed by atoms with Gasteiger partial charge in [0, 0.05) is 37.5 Å². The minimum absolute atomic E-state index is 0.0293. The van der Waals surface area contributed by atoms with Gasteiger partial charge in [0.1, 0.15) is 0 Å². The van der Waals surface area contributed by atoms with Gasteiger partial charge in [-0.15, -0.1) is 0 Å². The van der Waals surface area contributed by atoms with Crippen LogP contribution in [0.25, 0.3) is 0 Å². The molecule has 0 aliphatic heterocycles. The molecule has 2 N–H and O–H groups in total. The van der Waals surface area contributed by atoms with Crippen LogP contribution in [0.4, 0.5) is 0 Å². The maximum atomic E-state index is 6.23.